The van der Waals surface area contributed by atoms with Crippen LogP contribution in [0.1, 0.15) is 17.5 Å². The molecule has 1 aliphatic heterocycles. The van der Waals surface area contributed by atoms with Crippen molar-refractivity contribution in [3.05, 3.63) is 53.3 Å². The standard InChI is InChI=1S/C16H15FO/c1-11-10-13(17)7-8-14(11)15-6-2-4-12-5-3-9-18-16(12)15/h2,4,6-8,10H,3,5,9H2,1H3. The molecule has 1 aliphatic rings. The summed E-state index contributed by atoms with van der Waals surface area (Å²) in [5, 5.41) is 0. The van der Waals surface area contributed by atoms with Gasteiger partial charge in [-0.3, -0.25) is 0 Å². The highest BCUT2D eigenvalue weighted by Crippen LogP contribution is 2.37. The van der Waals surface area contributed by atoms with Crippen molar-refractivity contribution in [2.24, 2.45) is 0 Å². The van der Waals surface area contributed by atoms with E-state index < -0.39 is 0 Å². The van der Waals surface area contributed by atoms with E-state index in [1.54, 1.807) is 6.07 Å². The minimum Gasteiger partial charge on any atom is -0.493 e. The van der Waals surface area contributed by atoms with Crippen molar-refractivity contribution in [3.63, 3.8) is 0 Å². The van der Waals surface area contributed by atoms with E-state index in [0.29, 0.717) is 0 Å². The van der Waals surface area contributed by atoms with E-state index in [4.69, 9.17) is 4.74 Å². The summed E-state index contributed by atoms with van der Waals surface area (Å²) in [5.74, 6) is 0.778. The molecule has 1 nitrogen and oxygen atoms in total. The van der Waals surface area contributed by atoms with Crippen molar-refractivity contribution >= 4 is 0 Å². The molecule has 3 rings (SSSR count). The first-order valence-electron chi connectivity index (χ1n) is 6.27. The fraction of sp³-hybridized carbons (Fsp3) is 0.250. The molecule has 0 bridgehead atoms. The second-order valence-corrected chi connectivity index (χ2v) is 4.71. The Morgan fingerprint density at radius 2 is 2.00 bits per heavy atom. The molecule has 2 aromatic carbocycles. The zero-order chi connectivity index (χ0) is 12.5. The Kier molecular flexibility index (Phi) is 2.78. The fourth-order valence-corrected chi connectivity index (χ4v) is 2.53. The third-order valence-corrected chi connectivity index (χ3v) is 3.41. The minimum atomic E-state index is -0.193. The van der Waals surface area contributed by atoms with Crippen LogP contribution in [0.4, 0.5) is 4.39 Å². The number of para-hydroxylation sites is 1. The second-order valence-electron chi connectivity index (χ2n) is 4.71. The van der Waals surface area contributed by atoms with Gasteiger partial charge < -0.3 is 4.74 Å². The molecular formula is C16H15FO. The number of rotatable bonds is 1. The van der Waals surface area contributed by atoms with Crippen molar-refractivity contribution in [1.29, 1.82) is 0 Å². The van der Waals surface area contributed by atoms with Crippen molar-refractivity contribution < 1.29 is 9.13 Å². The van der Waals surface area contributed by atoms with Gasteiger partial charge in [-0.05, 0) is 48.6 Å². The molecule has 0 fully saturated rings. The van der Waals surface area contributed by atoms with Gasteiger partial charge in [0.15, 0.2) is 0 Å². The van der Waals surface area contributed by atoms with Crippen LogP contribution in [0.3, 0.4) is 0 Å². The number of aryl methyl sites for hydroxylation is 2. The highest BCUT2D eigenvalue weighted by Gasteiger charge is 2.16. The molecule has 2 heteroatoms. The summed E-state index contributed by atoms with van der Waals surface area (Å²) in [6, 6.07) is 11.1. The van der Waals surface area contributed by atoms with Gasteiger partial charge in [0.25, 0.3) is 0 Å². The quantitative estimate of drug-likeness (QED) is 0.730. The largest absolute Gasteiger partial charge is 0.493 e. The average molecular weight is 242 g/mol. The van der Waals surface area contributed by atoms with Gasteiger partial charge in [0.05, 0.1) is 6.61 Å². The zero-order valence-electron chi connectivity index (χ0n) is 10.4. The molecule has 0 amide bonds. The van der Waals surface area contributed by atoms with Crippen LogP contribution in [-0.4, -0.2) is 6.61 Å². The number of halogens is 1. The fourth-order valence-electron chi connectivity index (χ4n) is 2.53. The van der Waals surface area contributed by atoms with Gasteiger partial charge in [0.2, 0.25) is 0 Å². The molecule has 92 valence electrons. The Morgan fingerprint density at radius 1 is 1.11 bits per heavy atom. The molecule has 0 unspecified atom stereocenters. The Balaban J connectivity index is 2.17. The highest BCUT2D eigenvalue weighted by atomic mass is 19.1. The molecule has 1 heterocycles. The van der Waals surface area contributed by atoms with E-state index in [0.717, 1.165) is 41.9 Å². The van der Waals surface area contributed by atoms with Gasteiger partial charge in [-0.1, -0.05) is 24.3 Å². The first-order chi connectivity index (χ1) is 8.75. The molecule has 0 saturated carbocycles. The van der Waals surface area contributed by atoms with Crippen LogP contribution in [0.5, 0.6) is 5.75 Å². The number of hydrogen-bond donors (Lipinski definition) is 0. The lowest BCUT2D eigenvalue weighted by Gasteiger charge is -2.21. The van der Waals surface area contributed by atoms with Gasteiger partial charge in [-0.2, -0.15) is 0 Å². The number of benzene rings is 2. The van der Waals surface area contributed by atoms with E-state index in [9.17, 15) is 4.39 Å². The minimum absolute atomic E-state index is 0.193. The summed E-state index contributed by atoms with van der Waals surface area (Å²) in [6.45, 7) is 2.70. The van der Waals surface area contributed by atoms with Crippen LogP contribution in [0.2, 0.25) is 0 Å². The van der Waals surface area contributed by atoms with Crippen LogP contribution in [0, 0.1) is 12.7 Å². The van der Waals surface area contributed by atoms with Crippen LogP contribution >= 0.6 is 0 Å². The molecule has 0 atom stereocenters. The molecule has 0 N–H and O–H groups in total. The average Bonchev–Trinajstić information content (AvgIpc) is 2.38. The van der Waals surface area contributed by atoms with Crippen LogP contribution in [0.25, 0.3) is 11.1 Å². The molecule has 18 heavy (non-hydrogen) atoms. The number of ether oxygens (including phenoxy) is 1. The van der Waals surface area contributed by atoms with E-state index >= 15 is 0 Å². The monoisotopic (exact) mass is 242 g/mol. The maximum absolute atomic E-state index is 13.2. The maximum atomic E-state index is 13.2. The van der Waals surface area contributed by atoms with Crippen molar-refractivity contribution in [2.75, 3.05) is 6.61 Å². The first kappa shape index (κ1) is 11.3. The van der Waals surface area contributed by atoms with Gasteiger partial charge in [-0.25, -0.2) is 4.39 Å². The molecule has 0 aliphatic carbocycles. The lowest BCUT2D eigenvalue weighted by Crippen LogP contribution is -2.09. The molecule has 0 saturated heterocycles. The molecule has 0 spiro atoms. The third-order valence-electron chi connectivity index (χ3n) is 3.41. The summed E-state index contributed by atoms with van der Waals surface area (Å²) in [7, 11) is 0. The van der Waals surface area contributed by atoms with Crippen molar-refractivity contribution in [1.82, 2.24) is 0 Å². The van der Waals surface area contributed by atoms with E-state index in [1.165, 1.54) is 11.6 Å². The smallest absolute Gasteiger partial charge is 0.130 e. The van der Waals surface area contributed by atoms with Crippen LogP contribution in [0.15, 0.2) is 36.4 Å². The predicted molar refractivity (Wildman–Crippen MR) is 70.4 cm³/mol. The van der Waals surface area contributed by atoms with E-state index in [2.05, 4.69) is 6.07 Å². The van der Waals surface area contributed by atoms with Gasteiger partial charge >= 0.3 is 0 Å². The Morgan fingerprint density at radius 3 is 2.83 bits per heavy atom. The van der Waals surface area contributed by atoms with Crippen LogP contribution < -0.4 is 4.74 Å². The van der Waals surface area contributed by atoms with Gasteiger partial charge in [0, 0.05) is 5.56 Å². The summed E-state index contributed by atoms with van der Waals surface area (Å²) < 4.78 is 19.0. The van der Waals surface area contributed by atoms with E-state index in [-0.39, 0.29) is 5.82 Å². The molecule has 0 radical (unpaired) electrons. The lowest BCUT2D eigenvalue weighted by atomic mass is 9.95. The lowest BCUT2D eigenvalue weighted by molar-refractivity contribution is 0.289. The molecular weight excluding hydrogens is 227 g/mol. The predicted octanol–water partition coefficient (Wildman–Crippen LogP) is 4.13. The zero-order valence-corrected chi connectivity index (χ0v) is 10.4. The van der Waals surface area contributed by atoms with Gasteiger partial charge in [-0.15, -0.1) is 0 Å². The SMILES string of the molecule is Cc1cc(F)ccc1-c1cccc2c1OCCC2. The van der Waals surface area contributed by atoms with Gasteiger partial charge in [0.1, 0.15) is 11.6 Å². The van der Waals surface area contributed by atoms with Crippen molar-refractivity contribution in [3.8, 4) is 16.9 Å². The Bertz CT molecular complexity index is 590. The molecule has 0 aromatic heterocycles. The topological polar surface area (TPSA) is 9.23 Å². The third kappa shape index (κ3) is 1.88. The summed E-state index contributed by atoms with van der Waals surface area (Å²) >= 11 is 0. The van der Waals surface area contributed by atoms with Crippen molar-refractivity contribution in [2.45, 2.75) is 19.8 Å². The number of fused-ring (bicyclic) bond motifs is 1. The second kappa shape index (κ2) is 4.45. The molecule has 2 aromatic rings. The Hall–Kier alpha value is -1.83. The summed E-state index contributed by atoms with van der Waals surface area (Å²) in [5.41, 5.74) is 4.32. The normalized spacial score (nSPS) is 13.9. The van der Waals surface area contributed by atoms with Crippen LogP contribution in [-0.2, 0) is 6.42 Å². The van der Waals surface area contributed by atoms with E-state index in [1.807, 2.05) is 25.1 Å². The summed E-state index contributed by atoms with van der Waals surface area (Å²) in [6.07, 6.45) is 2.13. The number of hydrogen-bond acceptors (Lipinski definition) is 1. The summed E-state index contributed by atoms with van der Waals surface area (Å²) in [4.78, 5) is 0. The highest BCUT2D eigenvalue weighted by molar-refractivity contribution is 5.75. The maximum Gasteiger partial charge on any atom is 0.130 e. The first-order valence-corrected chi connectivity index (χ1v) is 6.27. The Labute approximate surface area is 106 Å².